The smallest absolute Gasteiger partial charge is 0.167 e. The fourth-order valence-electron chi connectivity index (χ4n) is 1.86. The van der Waals surface area contributed by atoms with Gasteiger partial charge < -0.3 is 5.73 Å². The van der Waals surface area contributed by atoms with Crippen molar-refractivity contribution in [2.45, 2.75) is 20.8 Å². The van der Waals surface area contributed by atoms with Gasteiger partial charge in [-0.1, -0.05) is 20.8 Å². The van der Waals surface area contributed by atoms with Crippen molar-refractivity contribution in [1.29, 1.82) is 0 Å². The maximum atomic E-state index is 12.1. The first-order chi connectivity index (χ1) is 7.29. The van der Waals surface area contributed by atoms with Gasteiger partial charge in [-0.05, 0) is 12.2 Å². The standard InChI is InChI=1S/C12H17NO3/c1-12(2,3)11(16)7(6-13)10-8(14)4-5-9(10)15/h4-5,7,10H,6,13H2,1-3H3/t7-/m1/s1. The van der Waals surface area contributed by atoms with Crippen LogP contribution in [0.2, 0.25) is 0 Å². The molecule has 4 nitrogen and oxygen atoms in total. The topological polar surface area (TPSA) is 77.2 Å². The second-order valence-corrected chi connectivity index (χ2v) is 5.07. The maximum absolute atomic E-state index is 12.1. The molecule has 0 saturated carbocycles. The number of hydrogen-bond donors (Lipinski definition) is 1. The number of carbonyl (C=O) groups excluding carboxylic acids is 3. The zero-order valence-electron chi connectivity index (χ0n) is 9.82. The van der Waals surface area contributed by atoms with Gasteiger partial charge in [0.1, 0.15) is 5.78 Å². The summed E-state index contributed by atoms with van der Waals surface area (Å²) in [7, 11) is 0. The fourth-order valence-corrected chi connectivity index (χ4v) is 1.86. The molecule has 4 heteroatoms. The normalized spacial score (nSPS) is 19.2. The summed E-state index contributed by atoms with van der Waals surface area (Å²) < 4.78 is 0. The number of Topliss-reactive ketones (excluding diaryl/α,β-unsaturated/α-hetero) is 1. The van der Waals surface area contributed by atoms with Gasteiger partial charge in [-0.15, -0.1) is 0 Å². The predicted octanol–water partition coefficient (Wildman–Crippen LogP) is 0.501. The first kappa shape index (κ1) is 12.8. The number of rotatable bonds is 3. The molecule has 0 aromatic carbocycles. The molecule has 0 saturated heterocycles. The molecule has 0 aliphatic heterocycles. The van der Waals surface area contributed by atoms with Crippen molar-refractivity contribution in [3.05, 3.63) is 12.2 Å². The Labute approximate surface area is 94.9 Å². The Morgan fingerprint density at radius 2 is 1.75 bits per heavy atom. The summed E-state index contributed by atoms with van der Waals surface area (Å²) in [6, 6.07) is 0. The maximum Gasteiger partial charge on any atom is 0.167 e. The van der Waals surface area contributed by atoms with E-state index in [-0.39, 0.29) is 23.9 Å². The van der Waals surface area contributed by atoms with Gasteiger partial charge in [0.25, 0.3) is 0 Å². The molecule has 1 aliphatic rings. The summed E-state index contributed by atoms with van der Waals surface area (Å²) in [5, 5.41) is 0. The minimum Gasteiger partial charge on any atom is -0.330 e. The van der Waals surface area contributed by atoms with E-state index >= 15 is 0 Å². The van der Waals surface area contributed by atoms with E-state index in [1.165, 1.54) is 12.2 Å². The molecule has 0 unspecified atom stereocenters. The number of ketones is 3. The van der Waals surface area contributed by atoms with E-state index in [2.05, 4.69) is 0 Å². The van der Waals surface area contributed by atoms with Crippen molar-refractivity contribution in [3.8, 4) is 0 Å². The van der Waals surface area contributed by atoms with Crippen LogP contribution in [0.3, 0.4) is 0 Å². The molecule has 16 heavy (non-hydrogen) atoms. The summed E-state index contributed by atoms with van der Waals surface area (Å²) >= 11 is 0. The zero-order valence-corrected chi connectivity index (χ0v) is 9.82. The van der Waals surface area contributed by atoms with E-state index in [9.17, 15) is 14.4 Å². The molecule has 0 radical (unpaired) electrons. The Kier molecular flexibility index (Phi) is 3.43. The van der Waals surface area contributed by atoms with E-state index in [0.29, 0.717) is 0 Å². The Bertz CT molecular complexity index is 345. The van der Waals surface area contributed by atoms with Crippen LogP contribution in [0, 0.1) is 17.3 Å². The van der Waals surface area contributed by atoms with Gasteiger partial charge in [0, 0.05) is 17.9 Å². The van der Waals surface area contributed by atoms with Gasteiger partial charge in [0.15, 0.2) is 11.6 Å². The van der Waals surface area contributed by atoms with Gasteiger partial charge in [-0.25, -0.2) is 0 Å². The third-order valence-electron chi connectivity index (χ3n) is 2.76. The van der Waals surface area contributed by atoms with Crippen LogP contribution >= 0.6 is 0 Å². The molecular formula is C12H17NO3. The lowest BCUT2D eigenvalue weighted by Crippen LogP contribution is -2.41. The molecule has 88 valence electrons. The van der Waals surface area contributed by atoms with Crippen molar-refractivity contribution in [1.82, 2.24) is 0 Å². The highest BCUT2D eigenvalue weighted by atomic mass is 16.2. The number of allylic oxidation sites excluding steroid dienone is 2. The van der Waals surface area contributed by atoms with Gasteiger partial charge >= 0.3 is 0 Å². The first-order valence-corrected chi connectivity index (χ1v) is 5.29. The quantitative estimate of drug-likeness (QED) is 0.707. The third kappa shape index (κ3) is 2.27. The van der Waals surface area contributed by atoms with Crippen molar-refractivity contribution in [3.63, 3.8) is 0 Å². The molecule has 0 bridgehead atoms. The molecule has 2 N–H and O–H groups in total. The summed E-state index contributed by atoms with van der Waals surface area (Å²) in [5.41, 5.74) is 4.93. The highest BCUT2D eigenvalue weighted by Gasteiger charge is 2.42. The van der Waals surface area contributed by atoms with Crippen LogP contribution in [0.5, 0.6) is 0 Å². The second kappa shape index (κ2) is 4.29. The SMILES string of the molecule is CC(C)(C)C(=O)[C@H](CN)C1C(=O)C=CC1=O. The van der Waals surface area contributed by atoms with Crippen LogP contribution in [0.15, 0.2) is 12.2 Å². The Balaban J connectivity index is 2.96. The zero-order chi connectivity index (χ0) is 12.5. The number of nitrogens with two attached hydrogens (primary N) is 1. The van der Waals surface area contributed by atoms with E-state index in [0.717, 1.165) is 0 Å². The summed E-state index contributed by atoms with van der Waals surface area (Å²) in [6.45, 7) is 5.31. The number of hydrogen-bond acceptors (Lipinski definition) is 4. The van der Waals surface area contributed by atoms with Crippen molar-refractivity contribution in [2.24, 2.45) is 23.0 Å². The van der Waals surface area contributed by atoms with Crippen LogP contribution in [0.25, 0.3) is 0 Å². The average Bonchev–Trinajstić information content (AvgIpc) is 2.49. The van der Waals surface area contributed by atoms with Crippen LogP contribution in [0.1, 0.15) is 20.8 Å². The van der Waals surface area contributed by atoms with Crippen LogP contribution in [0.4, 0.5) is 0 Å². The van der Waals surface area contributed by atoms with Gasteiger partial charge in [-0.3, -0.25) is 14.4 Å². The number of carbonyl (C=O) groups is 3. The molecule has 0 amide bonds. The minimum atomic E-state index is -0.892. The Hall–Kier alpha value is -1.29. The molecular weight excluding hydrogens is 206 g/mol. The first-order valence-electron chi connectivity index (χ1n) is 5.29. The van der Waals surface area contributed by atoms with Crippen LogP contribution in [-0.4, -0.2) is 23.9 Å². The summed E-state index contributed by atoms with van der Waals surface area (Å²) in [4.78, 5) is 35.1. The van der Waals surface area contributed by atoms with E-state index < -0.39 is 17.3 Å². The van der Waals surface area contributed by atoms with Gasteiger partial charge in [0.05, 0.1) is 5.92 Å². The predicted molar refractivity (Wildman–Crippen MR) is 59.7 cm³/mol. The van der Waals surface area contributed by atoms with Crippen molar-refractivity contribution in [2.75, 3.05) is 6.54 Å². The third-order valence-corrected chi connectivity index (χ3v) is 2.76. The molecule has 0 fully saturated rings. The van der Waals surface area contributed by atoms with Gasteiger partial charge in [-0.2, -0.15) is 0 Å². The molecule has 1 rings (SSSR count). The lowest BCUT2D eigenvalue weighted by Gasteiger charge is -2.26. The second-order valence-electron chi connectivity index (χ2n) is 5.07. The molecule has 0 spiro atoms. The fraction of sp³-hybridized carbons (Fsp3) is 0.583. The molecule has 0 heterocycles. The van der Waals surface area contributed by atoms with Gasteiger partial charge in [0.2, 0.25) is 0 Å². The van der Waals surface area contributed by atoms with Crippen LogP contribution in [-0.2, 0) is 14.4 Å². The molecule has 1 atom stereocenters. The molecule has 0 aromatic heterocycles. The van der Waals surface area contributed by atoms with Crippen molar-refractivity contribution >= 4 is 17.3 Å². The lowest BCUT2D eigenvalue weighted by atomic mass is 9.75. The lowest BCUT2D eigenvalue weighted by molar-refractivity contribution is -0.139. The van der Waals surface area contributed by atoms with E-state index in [1.807, 2.05) is 0 Å². The minimum absolute atomic E-state index is 0.0277. The van der Waals surface area contributed by atoms with E-state index in [4.69, 9.17) is 5.73 Å². The summed E-state index contributed by atoms with van der Waals surface area (Å²) in [6.07, 6.45) is 2.46. The monoisotopic (exact) mass is 223 g/mol. The highest BCUT2D eigenvalue weighted by Crippen LogP contribution is 2.28. The summed E-state index contributed by atoms with van der Waals surface area (Å²) in [5.74, 6) is -2.34. The largest absolute Gasteiger partial charge is 0.330 e. The highest BCUT2D eigenvalue weighted by molar-refractivity contribution is 6.20. The van der Waals surface area contributed by atoms with Crippen LogP contribution < -0.4 is 5.73 Å². The Morgan fingerprint density at radius 3 is 2.06 bits per heavy atom. The van der Waals surface area contributed by atoms with Crippen molar-refractivity contribution < 1.29 is 14.4 Å². The molecule has 1 aliphatic carbocycles. The molecule has 0 aromatic rings. The average molecular weight is 223 g/mol. The Morgan fingerprint density at radius 1 is 1.31 bits per heavy atom. The van der Waals surface area contributed by atoms with E-state index in [1.54, 1.807) is 20.8 Å².